The summed E-state index contributed by atoms with van der Waals surface area (Å²) in [5.74, 6) is 0.538. The minimum absolute atomic E-state index is 0.00799. The molecule has 1 N–H and O–H groups in total. The van der Waals surface area contributed by atoms with E-state index in [9.17, 15) is 24.5 Å². The van der Waals surface area contributed by atoms with Crippen LogP contribution in [0.4, 0.5) is 27.8 Å². The third-order valence-corrected chi connectivity index (χ3v) is 7.15. The average molecular weight is 539 g/mol. The largest absolute Gasteiger partial charge is 0.378 e. The fourth-order valence-electron chi connectivity index (χ4n) is 5.06. The number of aromatic nitrogens is 2. The highest BCUT2D eigenvalue weighted by Crippen LogP contribution is 2.32. The number of likely N-dealkylation sites (N-methyl/N-ethyl adjacent to an activating group) is 1. The molecule has 0 bridgehead atoms. The van der Waals surface area contributed by atoms with E-state index < -0.39 is 11.0 Å². The van der Waals surface area contributed by atoms with Crippen LogP contribution in [-0.4, -0.2) is 102 Å². The van der Waals surface area contributed by atoms with Gasteiger partial charge in [0.05, 0.1) is 24.7 Å². The van der Waals surface area contributed by atoms with Crippen molar-refractivity contribution >= 4 is 41.2 Å². The molecule has 2 fully saturated rings. The maximum atomic E-state index is 13.3. The van der Waals surface area contributed by atoms with Gasteiger partial charge in [-0.15, -0.1) is 0 Å². The van der Waals surface area contributed by atoms with Crippen LogP contribution < -0.4 is 15.1 Å². The zero-order valence-corrected chi connectivity index (χ0v) is 21.7. The maximum absolute atomic E-state index is 13.3. The van der Waals surface area contributed by atoms with Crippen molar-refractivity contribution in [3.63, 3.8) is 0 Å². The Kier molecular flexibility index (Phi) is 7.65. The van der Waals surface area contributed by atoms with Crippen LogP contribution in [0.5, 0.6) is 0 Å². The molecule has 2 saturated heterocycles. The number of nitrogens with zero attached hydrogens (tertiary/aromatic N) is 7. The number of hydrogen-bond acceptors (Lipinski definition) is 10. The number of carbonyl (C=O) groups is 3. The van der Waals surface area contributed by atoms with Gasteiger partial charge in [-0.05, 0) is 31.5 Å². The van der Waals surface area contributed by atoms with Crippen LogP contribution in [0, 0.1) is 10.1 Å². The van der Waals surface area contributed by atoms with Gasteiger partial charge >= 0.3 is 11.7 Å². The van der Waals surface area contributed by atoms with Gasteiger partial charge in [-0.2, -0.15) is 0 Å². The number of urea groups is 1. The summed E-state index contributed by atoms with van der Waals surface area (Å²) in [5.41, 5.74) is 1.85. The summed E-state index contributed by atoms with van der Waals surface area (Å²) in [5, 5.41) is 14.3. The lowest BCUT2D eigenvalue weighted by Gasteiger charge is -2.33. The van der Waals surface area contributed by atoms with Crippen LogP contribution in [0.3, 0.4) is 0 Å². The molecule has 0 unspecified atom stereocenters. The maximum Gasteiger partial charge on any atom is 0.328 e. The van der Waals surface area contributed by atoms with E-state index in [1.165, 1.54) is 11.0 Å². The number of fused-ring (bicyclic) bond motifs is 1. The smallest absolute Gasteiger partial charge is 0.328 e. The van der Waals surface area contributed by atoms with Crippen molar-refractivity contribution in [3.8, 4) is 0 Å². The Hall–Kier alpha value is -4.17. The zero-order chi connectivity index (χ0) is 27.5. The van der Waals surface area contributed by atoms with Crippen molar-refractivity contribution in [2.45, 2.75) is 19.4 Å². The standard InChI is InChI=1S/C25H30N8O6/c1-29-5-6-31(23(35)15-29)14-18-11-17-3-2-4-32(24(17)27-19(18)16-34)25(36)28-22-12-20(21(13-26-22)33(37)38)30-7-9-39-10-8-30/h11-13,16H,2-10,14-15H2,1H3,(H,26,28,36). The van der Waals surface area contributed by atoms with E-state index in [0.717, 1.165) is 18.3 Å². The summed E-state index contributed by atoms with van der Waals surface area (Å²) in [6, 6.07) is 2.85. The van der Waals surface area contributed by atoms with E-state index in [2.05, 4.69) is 15.3 Å². The number of piperazine rings is 1. The van der Waals surface area contributed by atoms with E-state index in [1.54, 1.807) is 4.90 Å². The fraction of sp³-hybridized carbons (Fsp3) is 0.480. The predicted molar refractivity (Wildman–Crippen MR) is 141 cm³/mol. The number of carbonyl (C=O) groups excluding carboxylic acids is 3. The summed E-state index contributed by atoms with van der Waals surface area (Å²) >= 11 is 0. The summed E-state index contributed by atoms with van der Waals surface area (Å²) in [6.45, 7) is 4.16. The van der Waals surface area contributed by atoms with E-state index in [4.69, 9.17) is 4.74 Å². The lowest BCUT2D eigenvalue weighted by Crippen LogP contribution is -2.48. The van der Waals surface area contributed by atoms with Crippen molar-refractivity contribution in [2.75, 3.05) is 74.6 Å². The van der Waals surface area contributed by atoms with Crippen molar-refractivity contribution in [3.05, 3.63) is 45.3 Å². The molecule has 14 nitrogen and oxygen atoms in total. The molecule has 39 heavy (non-hydrogen) atoms. The zero-order valence-electron chi connectivity index (χ0n) is 21.7. The minimum atomic E-state index is -0.503. The van der Waals surface area contributed by atoms with Gasteiger partial charge in [0.25, 0.3) is 0 Å². The summed E-state index contributed by atoms with van der Waals surface area (Å²) in [6.07, 6.45) is 3.14. The number of nitrogens with one attached hydrogen (secondary N) is 1. The molecule has 0 aromatic carbocycles. The molecule has 2 aromatic rings. The van der Waals surface area contributed by atoms with Crippen molar-refractivity contribution in [1.29, 1.82) is 0 Å². The lowest BCUT2D eigenvalue weighted by molar-refractivity contribution is -0.384. The van der Waals surface area contributed by atoms with Crippen LogP contribution in [0.2, 0.25) is 0 Å². The number of ether oxygens (including phenoxy) is 1. The number of morpholine rings is 1. The Morgan fingerprint density at radius 2 is 2.00 bits per heavy atom. The van der Waals surface area contributed by atoms with Crippen LogP contribution in [-0.2, 0) is 22.5 Å². The monoisotopic (exact) mass is 538 g/mol. The molecule has 3 amide bonds. The number of aldehydes is 1. The second-order valence-corrected chi connectivity index (χ2v) is 9.79. The van der Waals surface area contributed by atoms with Gasteiger partial charge in [0, 0.05) is 50.9 Å². The summed E-state index contributed by atoms with van der Waals surface area (Å²) in [4.78, 5) is 64.4. The van der Waals surface area contributed by atoms with E-state index in [0.29, 0.717) is 82.1 Å². The molecule has 2 aromatic heterocycles. The summed E-state index contributed by atoms with van der Waals surface area (Å²) in [7, 11) is 1.89. The van der Waals surface area contributed by atoms with Crippen LogP contribution in [0.1, 0.15) is 28.0 Å². The topological polar surface area (TPSA) is 154 Å². The fourth-order valence-corrected chi connectivity index (χ4v) is 5.06. The average Bonchev–Trinajstić information content (AvgIpc) is 2.94. The SMILES string of the molecule is CN1CCN(Cc2cc3c(nc2C=O)N(C(=O)Nc2cc(N4CCOCC4)c([N+](=O)[O-])cn2)CCC3)C(=O)C1. The normalized spacial score (nSPS) is 18.1. The molecular formula is C25H30N8O6. The number of pyridine rings is 2. The second-order valence-electron chi connectivity index (χ2n) is 9.79. The molecule has 0 radical (unpaired) electrons. The highest BCUT2D eigenvalue weighted by Gasteiger charge is 2.29. The molecule has 0 atom stereocenters. The number of rotatable bonds is 6. The van der Waals surface area contributed by atoms with Gasteiger partial charge < -0.3 is 14.5 Å². The van der Waals surface area contributed by atoms with E-state index in [1.807, 2.05) is 22.9 Å². The van der Waals surface area contributed by atoms with Crippen LogP contribution >= 0.6 is 0 Å². The molecular weight excluding hydrogens is 508 g/mol. The van der Waals surface area contributed by atoms with Crippen LogP contribution in [0.15, 0.2) is 18.3 Å². The quantitative estimate of drug-likeness (QED) is 0.323. The first-order chi connectivity index (χ1) is 18.8. The molecule has 206 valence electrons. The third-order valence-electron chi connectivity index (χ3n) is 7.15. The number of anilines is 3. The number of hydrogen-bond donors (Lipinski definition) is 1. The Morgan fingerprint density at radius 3 is 2.72 bits per heavy atom. The van der Waals surface area contributed by atoms with Crippen molar-refractivity contribution in [1.82, 2.24) is 19.8 Å². The molecule has 5 rings (SSSR count). The molecule has 14 heteroatoms. The van der Waals surface area contributed by atoms with Gasteiger partial charge in [0.2, 0.25) is 5.91 Å². The van der Waals surface area contributed by atoms with Gasteiger partial charge in [0.15, 0.2) is 6.29 Å². The molecule has 0 aliphatic carbocycles. The first-order valence-electron chi connectivity index (χ1n) is 12.8. The number of aryl methyl sites for hydroxylation is 1. The Bertz CT molecular complexity index is 1300. The Morgan fingerprint density at radius 1 is 1.21 bits per heavy atom. The van der Waals surface area contributed by atoms with E-state index in [-0.39, 0.29) is 29.7 Å². The molecule has 5 heterocycles. The summed E-state index contributed by atoms with van der Waals surface area (Å²) < 4.78 is 5.35. The molecule has 3 aliphatic rings. The minimum Gasteiger partial charge on any atom is -0.378 e. The van der Waals surface area contributed by atoms with Gasteiger partial charge in [0.1, 0.15) is 29.2 Å². The lowest BCUT2D eigenvalue weighted by atomic mass is 10.0. The van der Waals surface area contributed by atoms with E-state index >= 15 is 0 Å². The van der Waals surface area contributed by atoms with Gasteiger partial charge in [-0.3, -0.25) is 34.8 Å². The van der Waals surface area contributed by atoms with Gasteiger partial charge in [-0.1, -0.05) is 0 Å². The third kappa shape index (κ3) is 5.66. The Labute approximate surface area is 224 Å². The predicted octanol–water partition coefficient (Wildman–Crippen LogP) is 1.29. The highest BCUT2D eigenvalue weighted by molar-refractivity contribution is 6.02. The Balaban J connectivity index is 1.37. The number of nitro groups is 1. The highest BCUT2D eigenvalue weighted by atomic mass is 16.6. The molecule has 0 spiro atoms. The first-order valence-corrected chi connectivity index (χ1v) is 12.8. The molecule has 3 aliphatic heterocycles. The first kappa shape index (κ1) is 26.4. The molecule has 0 saturated carbocycles. The van der Waals surface area contributed by atoms with Gasteiger partial charge in [-0.25, -0.2) is 14.8 Å². The number of amides is 3. The van der Waals surface area contributed by atoms with Crippen molar-refractivity contribution in [2.24, 2.45) is 0 Å². The second kappa shape index (κ2) is 11.3. The van der Waals surface area contributed by atoms with Crippen LogP contribution in [0.25, 0.3) is 0 Å². The van der Waals surface area contributed by atoms with Crippen molar-refractivity contribution < 1.29 is 24.0 Å².